The number of carbonyl (C=O) groups excluding carboxylic acids is 5. The van der Waals surface area contributed by atoms with Gasteiger partial charge in [-0.3, -0.25) is 28.9 Å². The van der Waals surface area contributed by atoms with E-state index in [1.807, 2.05) is 42.4 Å². The summed E-state index contributed by atoms with van der Waals surface area (Å²) in [5, 5.41) is 7.47. The number of thioether (sulfide) groups is 2. The minimum atomic E-state index is -0.939. The summed E-state index contributed by atoms with van der Waals surface area (Å²) in [6, 6.07) is -1.95. The van der Waals surface area contributed by atoms with Crippen LogP contribution in [0, 0.1) is 0 Å². The van der Waals surface area contributed by atoms with Gasteiger partial charge < -0.3 is 16.0 Å². The normalized spacial score (nSPS) is 22.0. The molecule has 0 aromatic heterocycles. The Morgan fingerprint density at radius 1 is 1.13 bits per heavy atom. The Hall–Kier alpha value is -1.59. The predicted molar refractivity (Wildman–Crippen MR) is 122 cm³/mol. The van der Waals surface area contributed by atoms with Gasteiger partial charge in [0.1, 0.15) is 0 Å². The molecule has 2 heterocycles. The van der Waals surface area contributed by atoms with Gasteiger partial charge in [-0.1, -0.05) is 13.3 Å². The minimum Gasteiger partial charge on any atom is -0.345 e. The largest absolute Gasteiger partial charge is 0.345 e. The van der Waals surface area contributed by atoms with Gasteiger partial charge in [-0.2, -0.15) is 0 Å². The summed E-state index contributed by atoms with van der Waals surface area (Å²) in [5.41, 5.74) is 0. The van der Waals surface area contributed by atoms with Crippen LogP contribution in [0.3, 0.4) is 0 Å². The topological polar surface area (TPSA) is 125 Å². The Kier molecular flexibility index (Phi) is 9.38. The first kappa shape index (κ1) is 25.7. The number of nitrogens with zero attached hydrogens (tertiary/aromatic N) is 1. The van der Waals surface area contributed by atoms with Crippen LogP contribution >= 0.6 is 23.5 Å². The summed E-state index contributed by atoms with van der Waals surface area (Å²) in [6.45, 7) is 5.13. The van der Waals surface area contributed by atoms with Gasteiger partial charge in [-0.15, -0.1) is 23.5 Å². The highest BCUT2D eigenvalue weighted by molar-refractivity contribution is 8.21. The number of likely N-dealkylation sites (tertiary alicyclic amines) is 1. The lowest BCUT2D eigenvalue weighted by molar-refractivity contribution is -0.141. The number of rotatable bonds is 10. The molecule has 0 saturated carbocycles. The van der Waals surface area contributed by atoms with E-state index in [2.05, 4.69) is 16.0 Å². The summed E-state index contributed by atoms with van der Waals surface area (Å²) in [5.74, 6) is -0.588. The number of hydrogen-bond acceptors (Lipinski definition) is 8. The van der Waals surface area contributed by atoms with Gasteiger partial charge >= 0.3 is 0 Å². The molecule has 174 valence electrons. The number of ketones is 2. The molecule has 0 aromatic rings. The number of likely N-dealkylation sites (N-methyl/N-ethyl adjacent to an activating group) is 1. The standard InChI is InChI=1S/C20H32N4O5S2/c1-5-6-14(17(27)19(29)21-10-16(26)22-12(2)13(3)25)23-18(28)15-9-20(11-24(15)4)30-7-8-31-20/h12,14-15H,5-11H2,1-4H3,(H,21,29)(H,22,26)(H,23,28)/t12-,14?,15?/m0/s1. The molecule has 0 aromatic carbocycles. The molecule has 3 atom stereocenters. The summed E-state index contributed by atoms with van der Waals surface area (Å²) in [6.07, 6.45) is 1.64. The van der Waals surface area contributed by atoms with Crippen LogP contribution in [-0.4, -0.2) is 88.0 Å². The quantitative estimate of drug-likeness (QED) is 0.378. The number of hydrogen-bond donors (Lipinski definition) is 3. The smallest absolute Gasteiger partial charge is 0.290 e. The van der Waals surface area contributed by atoms with Gasteiger partial charge in [0.05, 0.1) is 28.7 Å². The lowest BCUT2D eigenvalue weighted by Crippen LogP contribution is -2.53. The molecular weight excluding hydrogens is 440 g/mol. The van der Waals surface area contributed by atoms with Crippen LogP contribution in [0.1, 0.15) is 40.0 Å². The van der Waals surface area contributed by atoms with Gasteiger partial charge in [0.25, 0.3) is 5.91 Å². The highest BCUT2D eigenvalue weighted by Crippen LogP contribution is 2.51. The molecule has 2 saturated heterocycles. The zero-order valence-electron chi connectivity index (χ0n) is 18.5. The van der Waals surface area contributed by atoms with E-state index in [4.69, 9.17) is 0 Å². The molecule has 0 radical (unpaired) electrons. The van der Waals surface area contributed by atoms with Crippen molar-refractivity contribution in [2.75, 3.05) is 31.6 Å². The Morgan fingerprint density at radius 2 is 1.77 bits per heavy atom. The zero-order chi connectivity index (χ0) is 23.2. The second-order valence-corrected chi connectivity index (χ2v) is 11.3. The zero-order valence-corrected chi connectivity index (χ0v) is 20.1. The van der Waals surface area contributed by atoms with Crippen molar-refractivity contribution in [1.82, 2.24) is 20.9 Å². The third-order valence-corrected chi connectivity index (χ3v) is 8.90. The maximum absolute atomic E-state index is 12.9. The Labute approximate surface area is 191 Å². The number of Topliss-reactive ketones (excluding diaryl/α,β-unsaturated/α-hetero) is 2. The van der Waals surface area contributed by atoms with Crippen LogP contribution in [-0.2, 0) is 24.0 Å². The highest BCUT2D eigenvalue weighted by atomic mass is 32.2. The van der Waals surface area contributed by atoms with E-state index >= 15 is 0 Å². The monoisotopic (exact) mass is 472 g/mol. The Balaban J connectivity index is 1.90. The molecule has 0 aliphatic carbocycles. The fourth-order valence-electron chi connectivity index (χ4n) is 3.63. The molecule has 2 aliphatic rings. The summed E-state index contributed by atoms with van der Waals surface area (Å²) < 4.78 is 0.0305. The highest BCUT2D eigenvalue weighted by Gasteiger charge is 2.48. The molecule has 31 heavy (non-hydrogen) atoms. The molecule has 2 rings (SSSR count). The lowest BCUT2D eigenvalue weighted by atomic mass is 10.1. The lowest BCUT2D eigenvalue weighted by Gasteiger charge is -2.22. The van der Waals surface area contributed by atoms with E-state index in [-0.39, 0.29) is 21.8 Å². The van der Waals surface area contributed by atoms with E-state index in [0.29, 0.717) is 19.3 Å². The van der Waals surface area contributed by atoms with E-state index in [1.165, 1.54) is 13.8 Å². The number of carbonyl (C=O) groups is 5. The second kappa shape index (κ2) is 11.3. The van der Waals surface area contributed by atoms with Crippen LogP contribution < -0.4 is 16.0 Å². The van der Waals surface area contributed by atoms with Gasteiger partial charge in [0.15, 0.2) is 5.78 Å². The third kappa shape index (κ3) is 6.95. The molecule has 1 spiro atoms. The fraction of sp³-hybridized carbons (Fsp3) is 0.750. The van der Waals surface area contributed by atoms with Crippen LogP contribution in [0.5, 0.6) is 0 Å². The molecule has 0 bridgehead atoms. The third-order valence-electron chi connectivity index (χ3n) is 5.47. The van der Waals surface area contributed by atoms with E-state index in [1.54, 1.807) is 0 Å². The van der Waals surface area contributed by atoms with Crippen molar-refractivity contribution in [2.45, 2.75) is 62.2 Å². The van der Waals surface area contributed by atoms with E-state index < -0.39 is 36.2 Å². The van der Waals surface area contributed by atoms with Gasteiger partial charge in [-0.25, -0.2) is 0 Å². The first-order valence-corrected chi connectivity index (χ1v) is 12.5. The SMILES string of the molecule is CCCC(NC(=O)C1CC2(CN1C)SCCS2)C(=O)C(=O)NCC(=O)N[C@@H](C)C(C)=O. The first-order chi connectivity index (χ1) is 14.6. The average molecular weight is 473 g/mol. The second-order valence-electron chi connectivity index (χ2n) is 8.04. The Morgan fingerprint density at radius 3 is 2.35 bits per heavy atom. The van der Waals surface area contributed by atoms with E-state index in [0.717, 1.165) is 18.1 Å². The fourth-order valence-corrected chi connectivity index (χ4v) is 7.01. The summed E-state index contributed by atoms with van der Waals surface area (Å²) >= 11 is 3.77. The molecule has 9 nitrogen and oxygen atoms in total. The van der Waals surface area contributed by atoms with Crippen molar-refractivity contribution in [3.05, 3.63) is 0 Å². The van der Waals surface area contributed by atoms with Crippen LogP contribution in [0.4, 0.5) is 0 Å². The molecule has 2 fully saturated rings. The predicted octanol–water partition coefficient (Wildman–Crippen LogP) is -0.0693. The molecule has 2 aliphatic heterocycles. The van der Waals surface area contributed by atoms with Crippen molar-refractivity contribution >= 4 is 52.8 Å². The van der Waals surface area contributed by atoms with Crippen molar-refractivity contribution in [2.24, 2.45) is 0 Å². The van der Waals surface area contributed by atoms with Crippen LogP contribution in [0.25, 0.3) is 0 Å². The summed E-state index contributed by atoms with van der Waals surface area (Å²) in [7, 11) is 1.91. The minimum absolute atomic E-state index is 0.0305. The number of amides is 3. The van der Waals surface area contributed by atoms with E-state index in [9.17, 15) is 24.0 Å². The molecule has 11 heteroatoms. The first-order valence-electron chi connectivity index (χ1n) is 10.5. The van der Waals surface area contributed by atoms with Crippen molar-refractivity contribution in [1.29, 1.82) is 0 Å². The molecular formula is C20H32N4O5S2. The summed E-state index contributed by atoms with van der Waals surface area (Å²) in [4.78, 5) is 62.8. The maximum atomic E-state index is 12.9. The molecule has 2 unspecified atom stereocenters. The van der Waals surface area contributed by atoms with Crippen molar-refractivity contribution in [3.8, 4) is 0 Å². The van der Waals surface area contributed by atoms with Gasteiger partial charge in [0, 0.05) is 18.1 Å². The average Bonchev–Trinajstić information content (AvgIpc) is 3.30. The van der Waals surface area contributed by atoms with Gasteiger partial charge in [0.2, 0.25) is 17.6 Å². The number of nitrogens with one attached hydrogen (secondary N) is 3. The van der Waals surface area contributed by atoms with Crippen LogP contribution in [0.15, 0.2) is 0 Å². The maximum Gasteiger partial charge on any atom is 0.290 e. The van der Waals surface area contributed by atoms with Crippen LogP contribution in [0.2, 0.25) is 0 Å². The van der Waals surface area contributed by atoms with Crippen molar-refractivity contribution < 1.29 is 24.0 Å². The molecule has 3 amide bonds. The van der Waals surface area contributed by atoms with Crippen molar-refractivity contribution in [3.63, 3.8) is 0 Å². The Bertz CT molecular complexity index is 726. The molecule has 3 N–H and O–H groups in total. The van der Waals surface area contributed by atoms with Gasteiger partial charge in [-0.05, 0) is 33.7 Å².